The van der Waals surface area contributed by atoms with Gasteiger partial charge in [0.05, 0.1) is 0 Å². The summed E-state index contributed by atoms with van der Waals surface area (Å²) in [6.07, 6.45) is 5.30. The van der Waals surface area contributed by atoms with Gasteiger partial charge in [-0.1, -0.05) is 25.7 Å². The minimum Gasteiger partial charge on any atom is -0.481 e. The number of esters is 1. The second kappa shape index (κ2) is 8.91. The van der Waals surface area contributed by atoms with Crippen LogP contribution in [0.2, 0.25) is 0 Å². The molecule has 0 heterocycles. The maximum Gasteiger partial charge on any atom is 0.323 e. The largest absolute Gasteiger partial charge is 0.481 e. The lowest BCUT2D eigenvalue weighted by molar-refractivity contribution is -0.156. The Labute approximate surface area is 115 Å². The highest BCUT2D eigenvalue weighted by Gasteiger charge is 2.21. The van der Waals surface area contributed by atoms with E-state index in [0.717, 1.165) is 25.7 Å². The Hall–Kier alpha value is -1.10. The van der Waals surface area contributed by atoms with Gasteiger partial charge in [0.15, 0.2) is 0 Å². The van der Waals surface area contributed by atoms with Gasteiger partial charge in [-0.2, -0.15) is 0 Å². The first-order valence-electron chi connectivity index (χ1n) is 6.92. The summed E-state index contributed by atoms with van der Waals surface area (Å²) in [4.78, 5) is 21.9. The van der Waals surface area contributed by atoms with Crippen LogP contribution in [-0.4, -0.2) is 28.7 Å². The van der Waals surface area contributed by atoms with Gasteiger partial charge in [-0.25, -0.2) is 0 Å². The summed E-state index contributed by atoms with van der Waals surface area (Å²) in [6, 6.07) is -0.557. The molecule has 0 fully saturated rings. The monoisotopic (exact) mass is 273 g/mol. The van der Waals surface area contributed by atoms with E-state index in [2.05, 4.69) is 0 Å². The number of hydrogen-bond acceptors (Lipinski definition) is 4. The van der Waals surface area contributed by atoms with E-state index in [4.69, 9.17) is 15.6 Å². The first kappa shape index (κ1) is 17.9. The van der Waals surface area contributed by atoms with E-state index < -0.39 is 17.6 Å². The van der Waals surface area contributed by atoms with Crippen LogP contribution in [0.25, 0.3) is 0 Å². The van der Waals surface area contributed by atoms with Gasteiger partial charge in [0.1, 0.15) is 11.6 Å². The minimum atomic E-state index is -0.744. The van der Waals surface area contributed by atoms with Crippen LogP contribution in [-0.2, 0) is 14.3 Å². The Kier molecular flexibility index (Phi) is 8.39. The first-order chi connectivity index (χ1) is 8.72. The van der Waals surface area contributed by atoms with Crippen molar-refractivity contribution in [1.29, 1.82) is 0 Å². The average Bonchev–Trinajstić information content (AvgIpc) is 2.24. The van der Waals surface area contributed by atoms with E-state index in [-0.39, 0.29) is 12.4 Å². The number of carbonyl (C=O) groups is 2. The fourth-order valence-corrected chi connectivity index (χ4v) is 1.67. The van der Waals surface area contributed by atoms with Crippen LogP contribution in [0.3, 0.4) is 0 Å². The van der Waals surface area contributed by atoms with E-state index in [1.54, 1.807) is 0 Å². The van der Waals surface area contributed by atoms with Crippen molar-refractivity contribution in [2.24, 2.45) is 5.73 Å². The van der Waals surface area contributed by atoms with Crippen molar-refractivity contribution in [1.82, 2.24) is 0 Å². The lowest BCUT2D eigenvalue weighted by Crippen LogP contribution is -2.37. The highest BCUT2D eigenvalue weighted by molar-refractivity contribution is 5.75. The molecule has 0 radical (unpaired) electrons. The van der Waals surface area contributed by atoms with Crippen molar-refractivity contribution in [3.05, 3.63) is 0 Å². The van der Waals surface area contributed by atoms with Crippen molar-refractivity contribution < 1.29 is 19.4 Å². The molecule has 112 valence electrons. The van der Waals surface area contributed by atoms with Gasteiger partial charge >= 0.3 is 11.9 Å². The van der Waals surface area contributed by atoms with Gasteiger partial charge in [0.25, 0.3) is 0 Å². The number of carboxylic acids is 1. The van der Waals surface area contributed by atoms with Gasteiger partial charge in [-0.3, -0.25) is 9.59 Å². The molecule has 0 amide bonds. The van der Waals surface area contributed by atoms with Gasteiger partial charge in [-0.15, -0.1) is 0 Å². The fraction of sp³-hybridized carbons (Fsp3) is 0.857. The van der Waals surface area contributed by atoms with Gasteiger partial charge in [0.2, 0.25) is 0 Å². The van der Waals surface area contributed by atoms with Crippen molar-refractivity contribution in [2.75, 3.05) is 0 Å². The normalized spacial score (nSPS) is 13.1. The van der Waals surface area contributed by atoms with E-state index in [1.807, 2.05) is 20.8 Å². The number of ether oxygens (including phenoxy) is 1. The Balaban J connectivity index is 3.55. The lowest BCUT2D eigenvalue weighted by atomic mass is 10.1. The molecule has 0 aliphatic heterocycles. The average molecular weight is 273 g/mol. The molecule has 0 aliphatic rings. The van der Waals surface area contributed by atoms with Gasteiger partial charge < -0.3 is 15.6 Å². The fourth-order valence-electron chi connectivity index (χ4n) is 1.67. The van der Waals surface area contributed by atoms with Crippen LogP contribution in [0.15, 0.2) is 0 Å². The summed E-state index contributed by atoms with van der Waals surface area (Å²) in [5.74, 6) is -1.09. The number of carboxylic acid groups (broad SMARTS) is 1. The SMILES string of the molecule is CC(C)(C)OC(=O)[C@@H](N)CCCCCCCC(=O)O. The molecule has 0 aromatic rings. The Morgan fingerprint density at radius 3 is 2.16 bits per heavy atom. The Bertz CT molecular complexity index is 284. The van der Waals surface area contributed by atoms with Crippen molar-refractivity contribution in [3.8, 4) is 0 Å². The molecule has 0 saturated heterocycles. The third kappa shape index (κ3) is 11.7. The topological polar surface area (TPSA) is 89.6 Å². The molecule has 5 nitrogen and oxygen atoms in total. The molecule has 5 heteroatoms. The smallest absolute Gasteiger partial charge is 0.323 e. The van der Waals surface area contributed by atoms with Gasteiger partial charge in [0, 0.05) is 6.42 Å². The number of aliphatic carboxylic acids is 1. The molecular weight excluding hydrogens is 246 g/mol. The molecule has 0 spiro atoms. The summed E-state index contributed by atoms with van der Waals surface area (Å²) >= 11 is 0. The molecule has 0 aromatic carbocycles. The predicted molar refractivity (Wildman–Crippen MR) is 73.8 cm³/mol. The summed E-state index contributed by atoms with van der Waals surface area (Å²) < 4.78 is 5.19. The molecule has 0 aliphatic carbocycles. The molecular formula is C14H27NO4. The summed E-state index contributed by atoms with van der Waals surface area (Å²) in [5.41, 5.74) is 5.26. The second-order valence-corrected chi connectivity index (χ2v) is 5.84. The minimum absolute atomic E-state index is 0.234. The predicted octanol–water partition coefficient (Wildman–Crippen LogP) is 2.47. The summed E-state index contributed by atoms with van der Waals surface area (Å²) in [7, 11) is 0. The van der Waals surface area contributed by atoms with Crippen LogP contribution >= 0.6 is 0 Å². The number of nitrogens with two attached hydrogens (primary N) is 1. The highest BCUT2D eigenvalue weighted by Crippen LogP contribution is 2.12. The molecule has 1 atom stereocenters. The van der Waals surface area contributed by atoms with Crippen LogP contribution in [0.5, 0.6) is 0 Å². The first-order valence-corrected chi connectivity index (χ1v) is 6.92. The maximum atomic E-state index is 11.6. The van der Waals surface area contributed by atoms with Crippen molar-refractivity contribution >= 4 is 11.9 Å². The van der Waals surface area contributed by atoms with Crippen LogP contribution in [0.4, 0.5) is 0 Å². The number of unbranched alkanes of at least 4 members (excludes halogenated alkanes) is 4. The van der Waals surface area contributed by atoms with Crippen LogP contribution in [0.1, 0.15) is 65.7 Å². The van der Waals surface area contributed by atoms with E-state index in [9.17, 15) is 9.59 Å². The Morgan fingerprint density at radius 2 is 1.63 bits per heavy atom. The zero-order valence-corrected chi connectivity index (χ0v) is 12.3. The highest BCUT2D eigenvalue weighted by atomic mass is 16.6. The lowest BCUT2D eigenvalue weighted by Gasteiger charge is -2.22. The molecule has 0 bridgehead atoms. The molecule has 19 heavy (non-hydrogen) atoms. The molecule has 0 saturated carbocycles. The van der Waals surface area contributed by atoms with E-state index in [1.165, 1.54) is 0 Å². The standard InChI is InChI=1S/C14H27NO4/c1-14(2,3)19-13(18)11(15)9-7-5-4-6-8-10-12(16)17/h11H,4-10,15H2,1-3H3,(H,16,17)/t11-/m0/s1. The molecule has 3 N–H and O–H groups in total. The van der Waals surface area contributed by atoms with Crippen molar-refractivity contribution in [3.63, 3.8) is 0 Å². The van der Waals surface area contributed by atoms with Crippen LogP contribution in [0, 0.1) is 0 Å². The summed E-state index contributed by atoms with van der Waals surface area (Å²) in [6.45, 7) is 5.46. The second-order valence-electron chi connectivity index (χ2n) is 5.84. The summed E-state index contributed by atoms with van der Waals surface area (Å²) in [5, 5.41) is 8.47. The molecule has 0 rings (SSSR count). The van der Waals surface area contributed by atoms with Gasteiger partial charge in [-0.05, 0) is 33.6 Å². The number of rotatable bonds is 9. The maximum absolute atomic E-state index is 11.6. The number of hydrogen-bond donors (Lipinski definition) is 2. The zero-order valence-electron chi connectivity index (χ0n) is 12.3. The molecule has 0 unspecified atom stereocenters. The quantitative estimate of drug-likeness (QED) is 0.497. The third-order valence-electron chi connectivity index (χ3n) is 2.62. The molecule has 0 aromatic heterocycles. The van der Waals surface area contributed by atoms with E-state index >= 15 is 0 Å². The van der Waals surface area contributed by atoms with Crippen molar-refractivity contribution in [2.45, 2.75) is 77.4 Å². The third-order valence-corrected chi connectivity index (χ3v) is 2.62. The van der Waals surface area contributed by atoms with E-state index in [0.29, 0.717) is 12.8 Å². The van der Waals surface area contributed by atoms with Crippen LogP contribution < -0.4 is 5.73 Å². The zero-order chi connectivity index (χ0) is 14.9. The number of carbonyl (C=O) groups excluding carboxylic acids is 1. The Morgan fingerprint density at radius 1 is 1.11 bits per heavy atom.